The third-order valence-electron chi connectivity index (χ3n) is 10.1. The predicted molar refractivity (Wildman–Crippen MR) is 241 cm³/mol. The molecular weight excluding hydrogens is 677 g/mol. The van der Waals surface area contributed by atoms with Crippen molar-refractivity contribution in [1.29, 1.82) is 0 Å². The normalized spacial score (nSPS) is 11.2. The first-order chi connectivity index (χ1) is 27.6. The van der Waals surface area contributed by atoms with Crippen LogP contribution in [0.3, 0.4) is 0 Å². The van der Waals surface area contributed by atoms with Crippen molar-refractivity contribution in [3.63, 3.8) is 0 Å². The SMILES string of the molecule is Cc1cc(-c2ccc(C=Cc3ccc(N(c4ccccc4)c4ccccc4)cc3)c(C)c2)ccc1C=Cc1ccc(N(c2ccccc2)c2ccccc2)cc1. The van der Waals surface area contributed by atoms with E-state index in [1.54, 1.807) is 0 Å². The number of benzene rings is 8. The van der Waals surface area contributed by atoms with Gasteiger partial charge in [0.25, 0.3) is 0 Å². The first kappa shape index (κ1) is 35.8. The minimum atomic E-state index is 1.13. The molecule has 8 aromatic carbocycles. The fourth-order valence-electron chi connectivity index (χ4n) is 7.13. The largest absolute Gasteiger partial charge is 0.311 e. The molecule has 0 radical (unpaired) electrons. The Balaban J connectivity index is 0.941. The van der Waals surface area contributed by atoms with Crippen molar-refractivity contribution in [2.75, 3.05) is 9.80 Å². The van der Waals surface area contributed by atoms with Gasteiger partial charge < -0.3 is 9.80 Å². The molecule has 0 aromatic heterocycles. The van der Waals surface area contributed by atoms with Gasteiger partial charge in [0, 0.05) is 34.1 Å². The predicted octanol–water partition coefficient (Wildman–Crippen LogP) is 15.3. The number of para-hydroxylation sites is 4. The van der Waals surface area contributed by atoms with Gasteiger partial charge in [-0.2, -0.15) is 0 Å². The molecule has 8 aromatic rings. The van der Waals surface area contributed by atoms with Gasteiger partial charge >= 0.3 is 0 Å². The second kappa shape index (κ2) is 16.9. The minimum Gasteiger partial charge on any atom is -0.311 e. The van der Waals surface area contributed by atoms with Crippen molar-refractivity contribution >= 4 is 58.4 Å². The van der Waals surface area contributed by atoms with Crippen molar-refractivity contribution in [2.24, 2.45) is 0 Å². The van der Waals surface area contributed by atoms with Gasteiger partial charge in [0.2, 0.25) is 0 Å². The van der Waals surface area contributed by atoms with Crippen LogP contribution < -0.4 is 9.80 Å². The lowest BCUT2D eigenvalue weighted by Gasteiger charge is -2.25. The van der Waals surface area contributed by atoms with Crippen LogP contribution in [0, 0.1) is 13.8 Å². The van der Waals surface area contributed by atoms with E-state index >= 15 is 0 Å². The van der Waals surface area contributed by atoms with Crippen molar-refractivity contribution in [2.45, 2.75) is 13.8 Å². The van der Waals surface area contributed by atoms with E-state index in [4.69, 9.17) is 0 Å². The van der Waals surface area contributed by atoms with Gasteiger partial charge in [0.15, 0.2) is 0 Å². The summed E-state index contributed by atoms with van der Waals surface area (Å²) in [5, 5.41) is 0. The van der Waals surface area contributed by atoms with Crippen LogP contribution in [0.25, 0.3) is 35.4 Å². The molecule has 0 bridgehead atoms. The highest BCUT2D eigenvalue weighted by Crippen LogP contribution is 2.36. The van der Waals surface area contributed by atoms with E-state index in [9.17, 15) is 0 Å². The summed E-state index contributed by atoms with van der Waals surface area (Å²) in [5.74, 6) is 0. The summed E-state index contributed by atoms with van der Waals surface area (Å²) in [6.45, 7) is 4.38. The topological polar surface area (TPSA) is 6.48 Å². The molecule has 0 aliphatic heterocycles. The molecule has 0 saturated carbocycles. The zero-order valence-electron chi connectivity index (χ0n) is 31.8. The molecule has 0 heterocycles. The van der Waals surface area contributed by atoms with E-state index in [-0.39, 0.29) is 0 Å². The Morgan fingerprint density at radius 1 is 0.286 bits per heavy atom. The zero-order chi connectivity index (χ0) is 38.1. The lowest BCUT2D eigenvalue weighted by Crippen LogP contribution is -2.09. The van der Waals surface area contributed by atoms with Gasteiger partial charge in [-0.15, -0.1) is 0 Å². The Bertz CT molecular complexity index is 2290. The van der Waals surface area contributed by atoms with Gasteiger partial charge in [0.1, 0.15) is 0 Å². The zero-order valence-corrected chi connectivity index (χ0v) is 31.8. The molecule has 2 heteroatoms. The van der Waals surface area contributed by atoms with Gasteiger partial charge in [-0.05, 0) is 131 Å². The molecular formula is C54H44N2. The van der Waals surface area contributed by atoms with Crippen molar-refractivity contribution in [3.8, 4) is 11.1 Å². The maximum atomic E-state index is 2.29. The van der Waals surface area contributed by atoms with Crippen LogP contribution in [0.1, 0.15) is 33.4 Å². The van der Waals surface area contributed by atoms with Gasteiger partial charge in [-0.25, -0.2) is 0 Å². The summed E-state index contributed by atoms with van der Waals surface area (Å²) in [6, 6.07) is 73.1. The molecule has 0 aliphatic carbocycles. The average Bonchev–Trinajstić information content (AvgIpc) is 3.25. The summed E-state index contributed by atoms with van der Waals surface area (Å²) in [4.78, 5) is 4.57. The molecule has 0 spiro atoms. The third kappa shape index (κ3) is 8.31. The van der Waals surface area contributed by atoms with E-state index in [0.29, 0.717) is 0 Å². The van der Waals surface area contributed by atoms with Gasteiger partial charge in [-0.1, -0.05) is 158 Å². The lowest BCUT2D eigenvalue weighted by molar-refractivity contribution is 1.28. The number of anilines is 6. The smallest absolute Gasteiger partial charge is 0.0462 e. The first-order valence-corrected chi connectivity index (χ1v) is 19.2. The van der Waals surface area contributed by atoms with Crippen molar-refractivity contribution in [3.05, 3.63) is 240 Å². The van der Waals surface area contributed by atoms with E-state index < -0.39 is 0 Å². The highest BCUT2D eigenvalue weighted by atomic mass is 15.1. The second-order valence-electron chi connectivity index (χ2n) is 14.0. The first-order valence-electron chi connectivity index (χ1n) is 19.2. The molecule has 0 N–H and O–H groups in total. The molecule has 0 aliphatic rings. The van der Waals surface area contributed by atoms with Crippen LogP contribution in [0.2, 0.25) is 0 Å². The van der Waals surface area contributed by atoms with Gasteiger partial charge in [-0.3, -0.25) is 0 Å². The number of rotatable bonds is 11. The summed E-state index contributed by atoms with van der Waals surface area (Å²) in [7, 11) is 0. The maximum Gasteiger partial charge on any atom is 0.0462 e. The average molecular weight is 721 g/mol. The van der Waals surface area contributed by atoms with E-state index in [0.717, 1.165) is 45.3 Å². The highest BCUT2D eigenvalue weighted by molar-refractivity contribution is 5.81. The van der Waals surface area contributed by atoms with Crippen LogP contribution in [0.15, 0.2) is 206 Å². The van der Waals surface area contributed by atoms with Crippen LogP contribution in [-0.4, -0.2) is 0 Å². The molecule has 270 valence electrons. The van der Waals surface area contributed by atoms with Crippen molar-refractivity contribution < 1.29 is 0 Å². The molecule has 8 rings (SSSR count). The van der Waals surface area contributed by atoms with E-state index in [1.807, 2.05) is 0 Å². The molecule has 0 saturated heterocycles. The quantitative estimate of drug-likeness (QED) is 0.123. The monoisotopic (exact) mass is 720 g/mol. The van der Waals surface area contributed by atoms with Crippen LogP contribution >= 0.6 is 0 Å². The summed E-state index contributed by atoms with van der Waals surface area (Å²) in [6.07, 6.45) is 8.82. The maximum absolute atomic E-state index is 2.29. The Morgan fingerprint density at radius 2 is 0.571 bits per heavy atom. The van der Waals surface area contributed by atoms with Crippen molar-refractivity contribution in [1.82, 2.24) is 0 Å². The van der Waals surface area contributed by atoms with Crippen LogP contribution in [0.4, 0.5) is 34.1 Å². The minimum absolute atomic E-state index is 1.13. The summed E-state index contributed by atoms with van der Waals surface area (Å²) in [5.41, 5.74) is 16.5. The fraction of sp³-hybridized carbons (Fsp3) is 0.0370. The Morgan fingerprint density at radius 3 is 0.857 bits per heavy atom. The second-order valence-corrected chi connectivity index (χ2v) is 14.0. The van der Waals surface area contributed by atoms with E-state index in [2.05, 4.69) is 254 Å². The Labute approximate surface area is 331 Å². The van der Waals surface area contributed by atoms with Crippen LogP contribution in [-0.2, 0) is 0 Å². The molecule has 2 nitrogen and oxygen atoms in total. The summed E-state index contributed by atoms with van der Waals surface area (Å²) < 4.78 is 0. The molecule has 0 unspecified atom stereocenters. The Kier molecular flexibility index (Phi) is 10.8. The number of hydrogen-bond donors (Lipinski definition) is 0. The lowest BCUT2D eigenvalue weighted by atomic mass is 9.96. The molecule has 0 atom stereocenters. The Hall–Kier alpha value is -7.16. The number of nitrogens with zero attached hydrogens (tertiary/aromatic N) is 2. The highest BCUT2D eigenvalue weighted by Gasteiger charge is 2.13. The third-order valence-corrected chi connectivity index (χ3v) is 10.1. The molecule has 56 heavy (non-hydrogen) atoms. The number of aryl methyl sites for hydroxylation is 2. The fourth-order valence-corrected chi connectivity index (χ4v) is 7.13. The van der Waals surface area contributed by atoms with Gasteiger partial charge in [0.05, 0.1) is 0 Å². The van der Waals surface area contributed by atoms with E-state index in [1.165, 1.54) is 33.4 Å². The number of hydrogen-bond acceptors (Lipinski definition) is 2. The molecule has 0 fully saturated rings. The standard InChI is InChI=1S/C54H44N2/c1-41-39-47(33-31-45(41)29-23-43-25-35-53(36-26-43)55(49-15-7-3-8-16-49)50-17-9-4-10-18-50)48-34-32-46(42(2)40-48)30-24-44-27-37-54(38-28-44)56(51-19-11-5-12-20-51)52-21-13-6-14-22-52/h3-40H,1-2H3. The summed E-state index contributed by atoms with van der Waals surface area (Å²) >= 11 is 0. The molecule has 0 amide bonds. The van der Waals surface area contributed by atoms with Crippen LogP contribution in [0.5, 0.6) is 0 Å².